The molecule has 0 fully saturated rings. The molecule has 0 bridgehead atoms. The molecule has 0 aliphatic carbocycles. The van der Waals surface area contributed by atoms with Gasteiger partial charge in [-0.05, 0) is 48.9 Å². The lowest BCUT2D eigenvalue weighted by atomic mass is 9.74. The Balaban J connectivity index is 3.97. The highest BCUT2D eigenvalue weighted by Crippen LogP contribution is 2.55. The van der Waals surface area contributed by atoms with Crippen molar-refractivity contribution in [2.75, 3.05) is 0 Å². The van der Waals surface area contributed by atoms with Crippen LogP contribution >= 0.6 is 0 Å². The molecule has 9 heteroatoms. The van der Waals surface area contributed by atoms with Gasteiger partial charge in [-0.2, -0.15) is 39.5 Å². The average Bonchev–Trinajstić information content (AvgIpc) is 2.41. The zero-order valence-electron chi connectivity index (χ0n) is 13.8. The summed E-state index contributed by atoms with van der Waals surface area (Å²) in [5, 5.41) is 0. The van der Waals surface area contributed by atoms with Crippen LogP contribution in [0.1, 0.15) is 55.4 Å². The number of benzene rings is 1. The molecule has 0 saturated carbocycles. The van der Waals surface area contributed by atoms with Crippen LogP contribution in [0, 0.1) is 6.92 Å². The summed E-state index contributed by atoms with van der Waals surface area (Å²) in [7, 11) is 0. The summed E-state index contributed by atoms with van der Waals surface area (Å²) in [5.41, 5.74) is -8.99. The van der Waals surface area contributed by atoms with Crippen molar-refractivity contribution in [3.63, 3.8) is 0 Å². The molecule has 25 heavy (non-hydrogen) atoms. The van der Waals surface area contributed by atoms with E-state index in [1.54, 1.807) is 13.8 Å². The zero-order chi connectivity index (χ0) is 20.0. The first-order valence-electron chi connectivity index (χ1n) is 7.34. The van der Waals surface area contributed by atoms with E-state index < -0.39 is 46.6 Å². The van der Waals surface area contributed by atoms with Gasteiger partial charge in [0, 0.05) is 0 Å². The van der Waals surface area contributed by atoms with Crippen LogP contribution in [0.4, 0.5) is 39.5 Å². The fourth-order valence-corrected chi connectivity index (χ4v) is 2.67. The van der Waals surface area contributed by atoms with Crippen LogP contribution in [-0.4, -0.2) is 12.4 Å². The zero-order valence-corrected chi connectivity index (χ0v) is 13.8. The Morgan fingerprint density at radius 3 is 1.64 bits per heavy atom. The minimum absolute atomic E-state index is 0.0442. The first-order valence-corrected chi connectivity index (χ1v) is 7.34. The number of aryl methyl sites for hydroxylation is 1. The third-order valence-electron chi connectivity index (χ3n) is 4.48. The van der Waals surface area contributed by atoms with E-state index in [0.29, 0.717) is 12.5 Å². The van der Waals surface area contributed by atoms with Gasteiger partial charge in [-0.25, -0.2) is 0 Å². The predicted molar refractivity (Wildman–Crippen MR) is 74.3 cm³/mol. The van der Waals surface area contributed by atoms with E-state index in [1.807, 2.05) is 0 Å². The van der Waals surface area contributed by atoms with E-state index >= 15 is 0 Å². The lowest BCUT2D eigenvalue weighted by molar-refractivity contribution is -0.298. The summed E-state index contributed by atoms with van der Waals surface area (Å²) in [6.07, 6.45) is -16.9. The van der Waals surface area contributed by atoms with Gasteiger partial charge in [0.1, 0.15) is 0 Å². The quantitative estimate of drug-likeness (QED) is 0.500. The number of rotatable bonds is 3. The van der Waals surface area contributed by atoms with E-state index in [2.05, 4.69) is 0 Å². The fraction of sp³-hybridized carbons (Fsp3) is 0.625. The Hall–Kier alpha value is -1.41. The van der Waals surface area contributed by atoms with Gasteiger partial charge in [-0.15, -0.1) is 0 Å². The first-order chi connectivity index (χ1) is 11.0. The maximum atomic E-state index is 13.3. The summed E-state index contributed by atoms with van der Waals surface area (Å²) in [6.45, 7) is 3.78. The second-order valence-electron chi connectivity index (χ2n) is 6.19. The molecular formula is C16H17F9. The second-order valence-corrected chi connectivity index (χ2v) is 6.19. The molecule has 1 aromatic carbocycles. The van der Waals surface area contributed by atoms with Gasteiger partial charge in [0.25, 0.3) is 0 Å². The smallest absolute Gasteiger partial charge is 0.170 e. The molecule has 1 aromatic rings. The van der Waals surface area contributed by atoms with E-state index in [1.165, 1.54) is 0 Å². The highest BCUT2D eigenvalue weighted by molar-refractivity contribution is 5.47. The van der Waals surface area contributed by atoms with Crippen molar-refractivity contribution in [2.45, 2.75) is 64.0 Å². The van der Waals surface area contributed by atoms with Gasteiger partial charge in [-0.1, -0.05) is 19.9 Å². The molecule has 1 rings (SSSR count). The van der Waals surface area contributed by atoms with Crippen molar-refractivity contribution < 1.29 is 39.5 Å². The molecule has 0 amide bonds. The second kappa shape index (κ2) is 6.39. The van der Waals surface area contributed by atoms with Crippen LogP contribution in [0.25, 0.3) is 0 Å². The van der Waals surface area contributed by atoms with Gasteiger partial charge in [0.05, 0.1) is 5.56 Å². The van der Waals surface area contributed by atoms with Crippen molar-refractivity contribution in [1.82, 2.24) is 0 Å². The standard InChI is InChI=1S/C16H17F9/c1-5-8(2)10-6-9(3)12(11(7-10)14(17,18)19)13(4,15(20,21)22)16(23,24)25/h6-8H,5H2,1-4H3. The molecule has 0 nitrogen and oxygen atoms in total. The Kier molecular flexibility index (Phi) is 5.53. The van der Waals surface area contributed by atoms with Gasteiger partial charge in [0.2, 0.25) is 0 Å². The molecule has 0 heterocycles. The van der Waals surface area contributed by atoms with Crippen molar-refractivity contribution >= 4 is 0 Å². The van der Waals surface area contributed by atoms with Crippen molar-refractivity contribution in [1.29, 1.82) is 0 Å². The molecule has 0 aromatic heterocycles. The molecule has 1 atom stereocenters. The third kappa shape index (κ3) is 3.74. The molecular weight excluding hydrogens is 363 g/mol. The molecule has 0 N–H and O–H groups in total. The van der Waals surface area contributed by atoms with Crippen molar-refractivity contribution in [3.8, 4) is 0 Å². The van der Waals surface area contributed by atoms with Crippen LogP contribution in [0.2, 0.25) is 0 Å². The normalized spacial score (nSPS) is 15.4. The summed E-state index contributed by atoms with van der Waals surface area (Å²) >= 11 is 0. The Morgan fingerprint density at radius 2 is 1.32 bits per heavy atom. The fourth-order valence-electron chi connectivity index (χ4n) is 2.67. The van der Waals surface area contributed by atoms with E-state index in [0.717, 1.165) is 13.0 Å². The van der Waals surface area contributed by atoms with Gasteiger partial charge >= 0.3 is 18.5 Å². The number of halogens is 9. The van der Waals surface area contributed by atoms with E-state index in [9.17, 15) is 39.5 Å². The van der Waals surface area contributed by atoms with Crippen LogP contribution in [-0.2, 0) is 11.6 Å². The molecule has 0 aliphatic rings. The van der Waals surface area contributed by atoms with Gasteiger partial charge in [-0.3, -0.25) is 0 Å². The van der Waals surface area contributed by atoms with Crippen LogP contribution in [0.5, 0.6) is 0 Å². The SMILES string of the molecule is CCC(C)c1cc(C)c(C(C)(C(F)(F)F)C(F)(F)F)c(C(F)(F)F)c1. The third-order valence-corrected chi connectivity index (χ3v) is 4.48. The summed E-state index contributed by atoms with van der Waals surface area (Å²) < 4.78 is 120. The predicted octanol–water partition coefficient (Wildman–Crippen LogP) is 6.91. The molecule has 0 saturated heterocycles. The summed E-state index contributed by atoms with van der Waals surface area (Å²) in [4.78, 5) is 0. The number of hydrogen-bond donors (Lipinski definition) is 0. The Labute approximate surface area is 139 Å². The van der Waals surface area contributed by atoms with Crippen molar-refractivity contribution in [2.24, 2.45) is 0 Å². The van der Waals surface area contributed by atoms with Crippen LogP contribution < -0.4 is 0 Å². The lowest BCUT2D eigenvalue weighted by Crippen LogP contribution is -2.53. The maximum Gasteiger partial charge on any atom is 0.416 e. The monoisotopic (exact) mass is 380 g/mol. The van der Waals surface area contributed by atoms with E-state index in [-0.39, 0.29) is 12.5 Å². The minimum atomic E-state index is -5.95. The lowest BCUT2D eigenvalue weighted by Gasteiger charge is -2.37. The average molecular weight is 380 g/mol. The number of hydrogen-bond acceptors (Lipinski definition) is 0. The van der Waals surface area contributed by atoms with E-state index in [4.69, 9.17) is 0 Å². The van der Waals surface area contributed by atoms with Crippen LogP contribution in [0.3, 0.4) is 0 Å². The Bertz CT molecular complexity index is 606. The Morgan fingerprint density at radius 1 is 0.880 bits per heavy atom. The van der Waals surface area contributed by atoms with Crippen molar-refractivity contribution in [3.05, 3.63) is 34.4 Å². The van der Waals surface area contributed by atoms with Gasteiger partial charge in [0.15, 0.2) is 5.41 Å². The molecule has 0 radical (unpaired) electrons. The highest BCUT2D eigenvalue weighted by Gasteiger charge is 2.70. The summed E-state index contributed by atoms with van der Waals surface area (Å²) in [5.74, 6) is -0.447. The topological polar surface area (TPSA) is 0 Å². The molecule has 0 spiro atoms. The molecule has 1 unspecified atom stereocenters. The maximum absolute atomic E-state index is 13.3. The molecule has 0 aliphatic heterocycles. The number of alkyl halides is 9. The minimum Gasteiger partial charge on any atom is -0.170 e. The largest absolute Gasteiger partial charge is 0.416 e. The highest BCUT2D eigenvalue weighted by atomic mass is 19.4. The molecule has 144 valence electrons. The first kappa shape index (κ1) is 21.6. The van der Waals surface area contributed by atoms with Crippen LogP contribution in [0.15, 0.2) is 12.1 Å². The summed E-state index contributed by atoms with van der Waals surface area (Å²) in [6, 6.07) is 1.36. The van der Waals surface area contributed by atoms with Gasteiger partial charge < -0.3 is 0 Å².